The van der Waals surface area contributed by atoms with Crippen LogP contribution in [0.4, 0.5) is 0 Å². The van der Waals surface area contributed by atoms with Crippen LogP contribution in [0.2, 0.25) is 0 Å². The number of amidine groups is 1. The summed E-state index contributed by atoms with van der Waals surface area (Å²) >= 11 is 1.87. The first-order valence-corrected chi connectivity index (χ1v) is 7.17. The third kappa shape index (κ3) is 2.92. The lowest BCUT2D eigenvalue weighted by Crippen LogP contribution is -2.30. The van der Waals surface area contributed by atoms with E-state index in [9.17, 15) is 0 Å². The molecule has 1 aliphatic heterocycles. The maximum atomic E-state index is 5.38. The second-order valence-electron chi connectivity index (χ2n) is 5.07. The van der Waals surface area contributed by atoms with Crippen LogP contribution in [0.5, 0.6) is 0 Å². The lowest BCUT2D eigenvalue weighted by atomic mass is 10.1. The predicted molar refractivity (Wildman–Crippen MR) is 70.1 cm³/mol. The van der Waals surface area contributed by atoms with Gasteiger partial charge >= 0.3 is 0 Å². The first-order valence-electron chi connectivity index (χ1n) is 6.19. The van der Waals surface area contributed by atoms with Crippen molar-refractivity contribution in [2.45, 2.75) is 51.3 Å². The lowest BCUT2D eigenvalue weighted by molar-refractivity contribution is 0.107. The standard InChI is InChI=1S/C12H22N2OS/c1-8(2)11-7-16-12(14-11)13-9-4-5-10(6-9)15-3/h8-11H,4-7H2,1-3H3,(H,13,14). The molecule has 1 aliphatic carbocycles. The second-order valence-corrected chi connectivity index (χ2v) is 6.08. The molecule has 3 unspecified atom stereocenters. The number of ether oxygens (including phenoxy) is 1. The van der Waals surface area contributed by atoms with E-state index in [1.165, 1.54) is 12.8 Å². The molecule has 1 N–H and O–H groups in total. The molecule has 0 bridgehead atoms. The van der Waals surface area contributed by atoms with Gasteiger partial charge in [0.05, 0.1) is 12.1 Å². The van der Waals surface area contributed by atoms with Gasteiger partial charge in [-0.1, -0.05) is 25.6 Å². The Morgan fingerprint density at radius 3 is 2.81 bits per heavy atom. The third-order valence-electron chi connectivity index (χ3n) is 3.49. The molecule has 0 radical (unpaired) electrons. The van der Waals surface area contributed by atoms with Crippen molar-refractivity contribution in [1.29, 1.82) is 0 Å². The smallest absolute Gasteiger partial charge is 0.157 e. The highest BCUT2D eigenvalue weighted by molar-refractivity contribution is 8.14. The van der Waals surface area contributed by atoms with Crippen LogP contribution >= 0.6 is 11.8 Å². The number of aliphatic imine (C=N–C) groups is 1. The molecule has 2 rings (SSSR count). The Balaban J connectivity index is 1.81. The fourth-order valence-corrected chi connectivity index (χ4v) is 3.52. The Morgan fingerprint density at radius 2 is 2.25 bits per heavy atom. The van der Waals surface area contributed by atoms with Gasteiger partial charge in [-0.3, -0.25) is 4.99 Å². The molecule has 4 heteroatoms. The van der Waals surface area contributed by atoms with Gasteiger partial charge in [0.15, 0.2) is 5.17 Å². The van der Waals surface area contributed by atoms with E-state index in [1.54, 1.807) is 0 Å². The van der Waals surface area contributed by atoms with Crippen LogP contribution < -0.4 is 5.32 Å². The number of hydrogen-bond donors (Lipinski definition) is 1. The molecule has 0 aromatic heterocycles. The first kappa shape index (κ1) is 12.2. The fraction of sp³-hybridized carbons (Fsp3) is 0.917. The summed E-state index contributed by atoms with van der Waals surface area (Å²) in [6.45, 7) is 4.49. The van der Waals surface area contributed by atoms with E-state index in [-0.39, 0.29) is 0 Å². The summed E-state index contributed by atoms with van der Waals surface area (Å²) in [6, 6.07) is 1.08. The minimum Gasteiger partial charge on any atom is -0.381 e. The van der Waals surface area contributed by atoms with Crippen molar-refractivity contribution in [1.82, 2.24) is 5.32 Å². The summed E-state index contributed by atoms with van der Waals surface area (Å²) in [6.07, 6.45) is 3.97. The molecule has 0 spiro atoms. The molecule has 3 nitrogen and oxygen atoms in total. The first-order chi connectivity index (χ1) is 7.69. The largest absolute Gasteiger partial charge is 0.381 e. The minimum atomic E-state index is 0.449. The van der Waals surface area contributed by atoms with Crippen molar-refractivity contribution in [2.24, 2.45) is 10.9 Å². The van der Waals surface area contributed by atoms with Gasteiger partial charge in [0.25, 0.3) is 0 Å². The zero-order chi connectivity index (χ0) is 11.5. The van der Waals surface area contributed by atoms with Gasteiger partial charge in [-0.25, -0.2) is 0 Å². The highest BCUT2D eigenvalue weighted by Gasteiger charge is 2.27. The number of nitrogens with zero attached hydrogens (tertiary/aromatic N) is 1. The number of nitrogens with one attached hydrogen (secondary N) is 1. The topological polar surface area (TPSA) is 33.6 Å². The van der Waals surface area contributed by atoms with E-state index in [4.69, 9.17) is 9.73 Å². The van der Waals surface area contributed by atoms with Crippen molar-refractivity contribution in [2.75, 3.05) is 12.9 Å². The van der Waals surface area contributed by atoms with Crippen LogP contribution in [-0.2, 0) is 4.74 Å². The van der Waals surface area contributed by atoms with Gasteiger partial charge < -0.3 is 10.1 Å². The van der Waals surface area contributed by atoms with Gasteiger partial charge in [0.1, 0.15) is 0 Å². The Kier molecular flexibility index (Phi) is 4.14. The normalized spacial score (nSPS) is 34.5. The van der Waals surface area contributed by atoms with E-state index in [0.717, 1.165) is 17.3 Å². The Labute approximate surface area is 102 Å². The number of methoxy groups -OCH3 is 1. The Bertz CT molecular complexity index is 268. The van der Waals surface area contributed by atoms with Crippen molar-refractivity contribution < 1.29 is 4.74 Å². The fourth-order valence-electron chi connectivity index (χ4n) is 2.27. The summed E-state index contributed by atoms with van der Waals surface area (Å²) < 4.78 is 5.38. The average Bonchev–Trinajstić information content (AvgIpc) is 2.87. The number of rotatable bonds is 3. The van der Waals surface area contributed by atoms with Crippen LogP contribution in [0.15, 0.2) is 4.99 Å². The maximum absolute atomic E-state index is 5.38. The van der Waals surface area contributed by atoms with Crippen LogP contribution in [0.1, 0.15) is 33.1 Å². The van der Waals surface area contributed by atoms with Crippen LogP contribution in [-0.4, -0.2) is 36.2 Å². The average molecular weight is 242 g/mol. The van der Waals surface area contributed by atoms with Crippen molar-refractivity contribution >= 4 is 16.9 Å². The molecule has 0 amide bonds. The van der Waals surface area contributed by atoms with Gasteiger partial charge in [-0.2, -0.15) is 0 Å². The predicted octanol–water partition coefficient (Wildman–Crippen LogP) is 2.27. The van der Waals surface area contributed by atoms with E-state index >= 15 is 0 Å². The molecule has 0 aromatic carbocycles. The molecule has 1 saturated carbocycles. The number of thioether (sulfide) groups is 1. The van der Waals surface area contributed by atoms with Crippen LogP contribution in [0, 0.1) is 5.92 Å². The maximum Gasteiger partial charge on any atom is 0.157 e. The monoisotopic (exact) mass is 242 g/mol. The molecular weight excluding hydrogens is 220 g/mol. The van der Waals surface area contributed by atoms with Gasteiger partial charge in [0.2, 0.25) is 0 Å². The van der Waals surface area contributed by atoms with Gasteiger partial charge in [0, 0.05) is 18.9 Å². The van der Waals surface area contributed by atoms with E-state index in [1.807, 2.05) is 18.9 Å². The minimum absolute atomic E-state index is 0.449. The summed E-state index contributed by atoms with van der Waals surface area (Å²) in [4.78, 5) is 4.73. The van der Waals surface area contributed by atoms with E-state index in [2.05, 4.69) is 19.2 Å². The molecule has 2 aliphatic rings. The van der Waals surface area contributed by atoms with Crippen molar-refractivity contribution in [3.8, 4) is 0 Å². The molecule has 16 heavy (non-hydrogen) atoms. The summed E-state index contributed by atoms with van der Waals surface area (Å²) in [5.41, 5.74) is 0. The molecule has 3 atom stereocenters. The quantitative estimate of drug-likeness (QED) is 0.824. The highest BCUT2D eigenvalue weighted by atomic mass is 32.2. The van der Waals surface area contributed by atoms with Crippen LogP contribution in [0.3, 0.4) is 0 Å². The SMILES string of the molecule is COC1CCC(NC2=NC(C(C)C)CS2)C1. The third-order valence-corrected chi connectivity index (χ3v) is 4.49. The number of hydrogen-bond acceptors (Lipinski definition) is 4. The van der Waals surface area contributed by atoms with Gasteiger partial charge in [-0.05, 0) is 25.2 Å². The second kappa shape index (κ2) is 5.41. The van der Waals surface area contributed by atoms with E-state index in [0.29, 0.717) is 24.1 Å². The summed E-state index contributed by atoms with van der Waals surface area (Å²) in [5, 5.41) is 4.71. The molecule has 0 aromatic rings. The molecule has 1 fully saturated rings. The molecule has 1 heterocycles. The summed E-state index contributed by atoms with van der Waals surface area (Å²) in [7, 11) is 1.81. The van der Waals surface area contributed by atoms with Gasteiger partial charge in [-0.15, -0.1) is 0 Å². The van der Waals surface area contributed by atoms with Crippen molar-refractivity contribution in [3.05, 3.63) is 0 Å². The zero-order valence-corrected chi connectivity index (χ0v) is 11.2. The highest BCUT2D eigenvalue weighted by Crippen LogP contribution is 2.26. The molecule has 0 saturated heterocycles. The van der Waals surface area contributed by atoms with Crippen LogP contribution in [0.25, 0.3) is 0 Å². The molecular formula is C12H22N2OS. The van der Waals surface area contributed by atoms with Crippen molar-refractivity contribution in [3.63, 3.8) is 0 Å². The Hall–Kier alpha value is -0.220. The lowest BCUT2D eigenvalue weighted by Gasteiger charge is -2.13. The molecule has 92 valence electrons. The van der Waals surface area contributed by atoms with E-state index < -0.39 is 0 Å². The summed E-state index contributed by atoms with van der Waals surface area (Å²) in [5.74, 6) is 1.79. The Morgan fingerprint density at radius 1 is 1.44 bits per heavy atom. The zero-order valence-electron chi connectivity index (χ0n) is 10.4.